The monoisotopic (exact) mass is 209 g/mol. The van der Waals surface area contributed by atoms with E-state index in [-0.39, 0.29) is 0 Å². The van der Waals surface area contributed by atoms with Gasteiger partial charge >= 0.3 is 0 Å². The second-order valence-corrected chi connectivity index (χ2v) is 3.34. The third-order valence-corrected chi connectivity index (χ3v) is 2.11. The van der Waals surface area contributed by atoms with Gasteiger partial charge in [-0.3, -0.25) is 4.98 Å². The molecule has 1 aromatic rings. The fraction of sp³-hybridized carbons (Fsp3) is 0.545. The first-order valence-electron chi connectivity index (χ1n) is 5.13. The van der Waals surface area contributed by atoms with Gasteiger partial charge in [-0.25, -0.2) is 0 Å². The maximum atomic E-state index is 5.42. The average molecular weight is 209 g/mol. The van der Waals surface area contributed by atoms with E-state index in [4.69, 9.17) is 14.2 Å². The van der Waals surface area contributed by atoms with Crippen LogP contribution < -0.4 is 0 Å². The fourth-order valence-electron chi connectivity index (χ4n) is 1.38. The molecule has 0 aromatic carbocycles. The Balaban J connectivity index is 2.00. The summed E-state index contributed by atoms with van der Waals surface area (Å²) in [6.45, 7) is 3.51. The van der Waals surface area contributed by atoms with Crippen molar-refractivity contribution in [3.63, 3.8) is 0 Å². The average Bonchev–Trinajstić information content (AvgIpc) is 2.26. The van der Waals surface area contributed by atoms with Crippen LogP contribution in [0.25, 0.3) is 0 Å². The van der Waals surface area contributed by atoms with Gasteiger partial charge in [0.25, 0.3) is 0 Å². The van der Waals surface area contributed by atoms with E-state index in [9.17, 15) is 0 Å². The van der Waals surface area contributed by atoms with Gasteiger partial charge in [0.1, 0.15) is 0 Å². The third kappa shape index (κ3) is 3.58. The number of nitrogens with zero attached hydrogens (tertiary/aromatic N) is 1. The topological polar surface area (TPSA) is 40.6 Å². The fourth-order valence-corrected chi connectivity index (χ4v) is 1.38. The Hall–Kier alpha value is -0.970. The van der Waals surface area contributed by atoms with Crippen LogP contribution in [0.4, 0.5) is 0 Å². The SMILES string of the molecule is c1cc2nc(c1)COCCOCCOC2. The molecule has 0 saturated carbocycles. The van der Waals surface area contributed by atoms with Crippen LogP contribution in [0.15, 0.2) is 18.2 Å². The maximum absolute atomic E-state index is 5.42. The molecule has 0 aliphatic carbocycles. The summed E-state index contributed by atoms with van der Waals surface area (Å²) in [5.74, 6) is 0. The zero-order valence-electron chi connectivity index (χ0n) is 8.65. The highest BCUT2D eigenvalue weighted by Crippen LogP contribution is 2.03. The van der Waals surface area contributed by atoms with Gasteiger partial charge in [0, 0.05) is 0 Å². The van der Waals surface area contributed by atoms with Gasteiger partial charge in [-0.2, -0.15) is 0 Å². The van der Waals surface area contributed by atoms with Gasteiger partial charge in [-0.05, 0) is 12.1 Å². The van der Waals surface area contributed by atoms with Crippen molar-refractivity contribution in [1.82, 2.24) is 4.98 Å². The Morgan fingerprint density at radius 3 is 1.93 bits per heavy atom. The number of ether oxygens (including phenoxy) is 3. The summed E-state index contributed by atoms with van der Waals surface area (Å²) < 4.78 is 16.1. The molecule has 0 fully saturated rings. The molecule has 1 aliphatic rings. The van der Waals surface area contributed by atoms with Crippen LogP contribution in [0.5, 0.6) is 0 Å². The highest BCUT2D eigenvalue weighted by Gasteiger charge is 2.01. The highest BCUT2D eigenvalue weighted by molar-refractivity contribution is 5.09. The Morgan fingerprint density at radius 1 is 0.800 bits per heavy atom. The molecular weight excluding hydrogens is 194 g/mol. The predicted molar refractivity (Wildman–Crippen MR) is 54.4 cm³/mol. The van der Waals surface area contributed by atoms with Crippen LogP contribution in [0.1, 0.15) is 11.4 Å². The minimum absolute atomic E-state index is 0.539. The molecular formula is C11H15NO3. The number of hydrogen-bond donors (Lipinski definition) is 0. The smallest absolute Gasteiger partial charge is 0.0889 e. The van der Waals surface area contributed by atoms with E-state index in [1.807, 2.05) is 18.2 Å². The summed E-state index contributed by atoms with van der Waals surface area (Å²) in [4.78, 5) is 4.42. The van der Waals surface area contributed by atoms with E-state index in [0.29, 0.717) is 39.6 Å². The standard InChI is InChI=1S/C11H15NO3/c1-2-10-8-14-6-4-13-5-7-15-9-11(3-1)12-10/h1-3H,4-9H2. The molecule has 82 valence electrons. The second kappa shape index (κ2) is 5.80. The van der Waals surface area contributed by atoms with Crippen LogP contribution in [0.2, 0.25) is 0 Å². The molecule has 4 heteroatoms. The lowest BCUT2D eigenvalue weighted by atomic mass is 10.3. The molecule has 1 aromatic heterocycles. The van der Waals surface area contributed by atoms with Crippen molar-refractivity contribution in [2.75, 3.05) is 26.4 Å². The number of fused-ring (bicyclic) bond motifs is 2. The van der Waals surface area contributed by atoms with E-state index in [1.54, 1.807) is 0 Å². The summed E-state index contributed by atoms with van der Waals surface area (Å²) in [7, 11) is 0. The minimum Gasteiger partial charge on any atom is -0.377 e. The molecule has 0 amide bonds. The molecule has 2 rings (SSSR count). The van der Waals surface area contributed by atoms with E-state index in [2.05, 4.69) is 4.98 Å². The van der Waals surface area contributed by atoms with Crippen molar-refractivity contribution >= 4 is 0 Å². The molecule has 0 N–H and O–H groups in total. The van der Waals surface area contributed by atoms with Crippen molar-refractivity contribution in [2.45, 2.75) is 13.2 Å². The Kier molecular flexibility index (Phi) is 4.08. The highest BCUT2D eigenvalue weighted by atomic mass is 16.5. The van der Waals surface area contributed by atoms with Crippen molar-refractivity contribution in [3.05, 3.63) is 29.6 Å². The summed E-state index contributed by atoms with van der Waals surface area (Å²) in [6.07, 6.45) is 0. The summed E-state index contributed by atoms with van der Waals surface area (Å²) in [5, 5.41) is 0. The predicted octanol–water partition coefficient (Wildman–Crippen LogP) is 1.15. The first-order chi connectivity index (χ1) is 7.45. The molecule has 0 saturated heterocycles. The molecule has 0 unspecified atom stereocenters. The number of rotatable bonds is 0. The van der Waals surface area contributed by atoms with Crippen molar-refractivity contribution < 1.29 is 14.2 Å². The van der Waals surface area contributed by atoms with Gasteiger partial charge < -0.3 is 14.2 Å². The van der Waals surface area contributed by atoms with Gasteiger partial charge in [-0.15, -0.1) is 0 Å². The molecule has 0 atom stereocenters. The first-order valence-corrected chi connectivity index (χ1v) is 5.13. The Labute approximate surface area is 89.2 Å². The normalized spacial score (nSPS) is 18.9. The zero-order valence-corrected chi connectivity index (χ0v) is 8.65. The number of aromatic nitrogens is 1. The van der Waals surface area contributed by atoms with Gasteiger partial charge in [-0.1, -0.05) is 6.07 Å². The van der Waals surface area contributed by atoms with E-state index in [1.165, 1.54) is 0 Å². The maximum Gasteiger partial charge on any atom is 0.0889 e. The molecule has 4 nitrogen and oxygen atoms in total. The number of pyridine rings is 1. The third-order valence-electron chi connectivity index (χ3n) is 2.11. The van der Waals surface area contributed by atoms with E-state index < -0.39 is 0 Å². The molecule has 2 bridgehead atoms. The van der Waals surface area contributed by atoms with E-state index in [0.717, 1.165) is 11.4 Å². The first kappa shape index (κ1) is 10.5. The van der Waals surface area contributed by atoms with Crippen LogP contribution >= 0.6 is 0 Å². The van der Waals surface area contributed by atoms with E-state index >= 15 is 0 Å². The van der Waals surface area contributed by atoms with Crippen molar-refractivity contribution in [1.29, 1.82) is 0 Å². The van der Waals surface area contributed by atoms with Crippen LogP contribution in [-0.4, -0.2) is 31.4 Å². The summed E-state index contributed by atoms with van der Waals surface area (Å²) in [6, 6.07) is 5.89. The van der Waals surface area contributed by atoms with Crippen LogP contribution in [-0.2, 0) is 27.4 Å². The lowest BCUT2D eigenvalue weighted by Crippen LogP contribution is -2.11. The zero-order chi connectivity index (χ0) is 10.3. The number of hydrogen-bond acceptors (Lipinski definition) is 4. The van der Waals surface area contributed by atoms with Gasteiger partial charge in [0.05, 0.1) is 51.0 Å². The minimum atomic E-state index is 0.539. The molecule has 0 spiro atoms. The molecule has 2 heterocycles. The Morgan fingerprint density at radius 2 is 1.33 bits per heavy atom. The summed E-state index contributed by atoms with van der Waals surface area (Å²) >= 11 is 0. The van der Waals surface area contributed by atoms with Gasteiger partial charge in [0.2, 0.25) is 0 Å². The van der Waals surface area contributed by atoms with Crippen LogP contribution in [0.3, 0.4) is 0 Å². The van der Waals surface area contributed by atoms with Crippen molar-refractivity contribution in [2.24, 2.45) is 0 Å². The molecule has 1 aliphatic heterocycles. The van der Waals surface area contributed by atoms with Crippen LogP contribution in [0, 0.1) is 0 Å². The Bertz CT molecular complexity index is 278. The summed E-state index contributed by atoms with van der Waals surface area (Å²) in [5.41, 5.74) is 1.88. The second-order valence-electron chi connectivity index (χ2n) is 3.34. The quantitative estimate of drug-likeness (QED) is 0.642. The van der Waals surface area contributed by atoms with Crippen molar-refractivity contribution in [3.8, 4) is 0 Å². The molecule has 0 radical (unpaired) electrons. The lowest BCUT2D eigenvalue weighted by molar-refractivity contribution is 0.00330. The lowest BCUT2D eigenvalue weighted by Gasteiger charge is -2.10. The molecule has 15 heavy (non-hydrogen) atoms. The largest absolute Gasteiger partial charge is 0.377 e. The van der Waals surface area contributed by atoms with Gasteiger partial charge in [0.15, 0.2) is 0 Å².